The summed E-state index contributed by atoms with van der Waals surface area (Å²) in [5.74, 6) is -0.550. The molecule has 1 aromatic rings. The zero-order chi connectivity index (χ0) is 12.0. The Morgan fingerprint density at radius 3 is 2.94 bits per heavy atom. The second-order valence-corrected chi connectivity index (χ2v) is 2.78. The maximum Gasteiger partial charge on any atom is 0.268 e. The van der Waals surface area contributed by atoms with Gasteiger partial charge in [0.2, 0.25) is 5.95 Å². The fourth-order valence-electron chi connectivity index (χ4n) is 0.952. The average Bonchev–Trinajstić information content (AvgIpc) is 2.26. The van der Waals surface area contributed by atoms with Crippen molar-refractivity contribution in [2.75, 3.05) is 7.05 Å². The Balaban J connectivity index is 2.56. The highest BCUT2D eigenvalue weighted by molar-refractivity contribution is 5.78. The minimum Gasteiger partial charge on any atom is -0.354 e. The van der Waals surface area contributed by atoms with Crippen molar-refractivity contribution in [1.82, 2.24) is 15.6 Å². The molecule has 8 heteroatoms. The number of hydrogen-bond donors (Lipinski definition) is 2. The Labute approximate surface area is 90.5 Å². The van der Waals surface area contributed by atoms with Crippen molar-refractivity contribution in [2.24, 2.45) is 5.10 Å². The minimum absolute atomic E-state index is 0.0225. The van der Waals surface area contributed by atoms with Crippen LogP contribution in [0.3, 0.4) is 0 Å². The minimum atomic E-state index is -0.818. The molecule has 0 aliphatic heterocycles. The molecule has 86 valence electrons. The highest BCUT2D eigenvalue weighted by Crippen LogP contribution is 1.97. The normalized spacial score (nSPS) is 11.0. The Morgan fingerprint density at radius 2 is 2.44 bits per heavy atom. The van der Waals surface area contributed by atoms with Crippen molar-refractivity contribution in [3.8, 4) is 0 Å². The van der Waals surface area contributed by atoms with Crippen molar-refractivity contribution in [1.29, 1.82) is 0 Å². The Bertz CT molecular complexity index is 392. The summed E-state index contributed by atoms with van der Waals surface area (Å²) >= 11 is 0. The topological polar surface area (TPSA) is 92.5 Å². The van der Waals surface area contributed by atoms with Gasteiger partial charge in [0.25, 0.3) is 5.96 Å². The molecule has 0 unspecified atom stereocenters. The number of nitrogens with zero attached hydrogens (tertiary/aromatic N) is 3. The third-order valence-electron chi connectivity index (χ3n) is 1.67. The number of pyridine rings is 1. The van der Waals surface area contributed by atoms with Crippen molar-refractivity contribution >= 4 is 5.96 Å². The van der Waals surface area contributed by atoms with E-state index in [0.29, 0.717) is 5.56 Å². The summed E-state index contributed by atoms with van der Waals surface area (Å²) < 4.78 is 12.5. The number of halogens is 1. The van der Waals surface area contributed by atoms with Gasteiger partial charge < -0.3 is 10.6 Å². The van der Waals surface area contributed by atoms with Gasteiger partial charge in [0.15, 0.2) is 5.03 Å². The van der Waals surface area contributed by atoms with Crippen LogP contribution in [-0.4, -0.2) is 23.0 Å². The molecule has 0 bridgehead atoms. The molecule has 0 amide bonds. The lowest BCUT2D eigenvalue weighted by molar-refractivity contribution is -0.485. The van der Waals surface area contributed by atoms with Crippen LogP contribution in [0.15, 0.2) is 23.4 Å². The standard InChI is InChI=1S/C8H10FN5O2/c1-10-8(13-14(15)16)12-5-6-2-3-7(9)11-4-6/h2-4H,5H2,1H3,(H2,10,12,13). The number of nitrogens with one attached hydrogen (secondary N) is 2. The molecular weight excluding hydrogens is 217 g/mol. The average molecular weight is 227 g/mol. The zero-order valence-corrected chi connectivity index (χ0v) is 8.48. The molecule has 1 aromatic heterocycles. The van der Waals surface area contributed by atoms with Crippen molar-refractivity contribution in [3.05, 3.63) is 40.0 Å². The lowest BCUT2D eigenvalue weighted by Gasteiger charge is -2.05. The van der Waals surface area contributed by atoms with E-state index in [1.165, 1.54) is 25.4 Å². The lowest BCUT2D eigenvalue weighted by atomic mass is 10.3. The maximum absolute atomic E-state index is 12.5. The number of guanidine groups is 1. The number of aromatic nitrogens is 1. The Hall–Kier alpha value is -2.25. The van der Waals surface area contributed by atoms with E-state index >= 15 is 0 Å². The van der Waals surface area contributed by atoms with E-state index in [1.807, 2.05) is 0 Å². The SMILES string of the molecule is CNC(=N[N+](=O)[O-])NCc1ccc(F)nc1. The monoisotopic (exact) mass is 227 g/mol. The van der Waals surface area contributed by atoms with Crippen LogP contribution in [0.25, 0.3) is 0 Å². The molecule has 0 radical (unpaired) electrons. The highest BCUT2D eigenvalue weighted by Gasteiger charge is 2.02. The summed E-state index contributed by atoms with van der Waals surface area (Å²) in [6.07, 6.45) is 1.34. The summed E-state index contributed by atoms with van der Waals surface area (Å²) in [7, 11) is 1.50. The van der Waals surface area contributed by atoms with E-state index in [4.69, 9.17) is 0 Å². The van der Waals surface area contributed by atoms with E-state index < -0.39 is 11.0 Å². The van der Waals surface area contributed by atoms with Gasteiger partial charge in [-0.3, -0.25) is 0 Å². The summed E-state index contributed by atoms with van der Waals surface area (Å²) in [6, 6.07) is 2.73. The molecule has 0 aromatic carbocycles. The summed E-state index contributed by atoms with van der Waals surface area (Å²) in [4.78, 5) is 13.5. The van der Waals surface area contributed by atoms with Crippen LogP contribution in [0.4, 0.5) is 4.39 Å². The van der Waals surface area contributed by atoms with Crippen LogP contribution in [0.1, 0.15) is 5.56 Å². The molecule has 0 aliphatic carbocycles. The predicted octanol–water partition coefficient (Wildman–Crippen LogP) is 0.0774. The number of rotatable bonds is 3. The first kappa shape index (κ1) is 11.8. The van der Waals surface area contributed by atoms with Gasteiger partial charge in [0, 0.05) is 19.8 Å². The van der Waals surface area contributed by atoms with Gasteiger partial charge in [-0.2, -0.15) is 4.39 Å². The molecule has 0 saturated heterocycles. The summed E-state index contributed by atoms with van der Waals surface area (Å²) in [5.41, 5.74) is 0.688. The van der Waals surface area contributed by atoms with Crippen LogP contribution in [-0.2, 0) is 6.54 Å². The van der Waals surface area contributed by atoms with Crippen molar-refractivity contribution in [2.45, 2.75) is 6.54 Å². The molecular formula is C8H10FN5O2. The second-order valence-electron chi connectivity index (χ2n) is 2.78. The van der Waals surface area contributed by atoms with Gasteiger partial charge in [-0.25, -0.2) is 15.1 Å². The van der Waals surface area contributed by atoms with Gasteiger partial charge in [-0.05, 0) is 11.6 Å². The van der Waals surface area contributed by atoms with E-state index in [0.717, 1.165) is 0 Å². The largest absolute Gasteiger partial charge is 0.354 e. The lowest BCUT2D eigenvalue weighted by Crippen LogP contribution is -2.35. The molecule has 1 rings (SSSR count). The van der Waals surface area contributed by atoms with E-state index in [-0.39, 0.29) is 12.5 Å². The Morgan fingerprint density at radius 1 is 1.69 bits per heavy atom. The van der Waals surface area contributed by atoms with Gasteiger partial charge >= 0.3 is 0 Å². The van der Waals surface area contributed by atoms with Crippen LogP contribution >= 0.6 is 0 Å². The van der Waals surface area contributed by atoms with Crippen molar-refractivity contribution in [3.63, 3.8) is 0 Å². The van der Waals surface area contributed by atoms with Gasteiger partial charge in [-0.15, -0.1) is 0 Å². The third kappa shape index (κ3) is 3.86. The fourth-order valence-corrected chi connectivity index (χ4v) is 0.952. The van der Waals surface area contributed by atoms with Crippen LogP contribution in [0.2, 0.25) is 0 Å². The van der Waals surface area contributed by atoms with Crippen LogP contribution in [0, 0.1) is 16.1 Å². The van der Waals surface area contributed by atoms with Crippen molar-refractivity contribution < 1.29 is 9.42 Å². The quantitative estimate of drug-likeness (QED) is 0.251. The molecule has 1 heterocycles. The van der Waals surface area contributed by atoms with Crippen LogP contribution < -0.4 is 10.6 Å². The first-order valence-electron chi connectivity index (χ1n) is 4.37. The summed E-state index contributed by atoms with van der Waals surface area (Å²) in [6.45, 7) is 0.265. The molecule has 0 spiro atoms. The zero-order valence-electron chi connectivity index (χ0n) is 8.48. The third-order valence-corrected chi connectivity index (χ3v) is 1.67. The smallest absolute Gasteiger partial charge is 0.268 e. The number of nitro groups is 1. The van der Waals surface area contributed by atoms with Gasteiger partial charge in [-0.1, -0.05) is 6.07 Å². The van der Waals surface area contributed by atoms with E-state index in [2.05, 4.69) is 20.7 Å². The first-order chi connectivity index (χ1) is 7.61. The van der Waals surface area contributed by atoms with E-state index in [9.17, 15) is 14.5 Å². The number of hydrogen-bond acceptors (Lipinski definition) is 3. The molecule has 0 fully saturated rings. The fraction of sp³-hybridized carbons (Fsp3) is 0.250. The van der Waals surface area contributed by atoms with Crippen LogP contribution in [0.5, 0.6) is 0 Å². The molecule has 0 aliphatic rings. The second kappa shape index (κ2) is 5.59. The highest BCUT2D eigenvalue weighted by atomic mass is 19.1. The van der Waals surface area contributed by atoms with Gasteiger partial charge in [0.05, 0.1) is 0 Å². The maximum atomic E-state index is 12.5. The molecule has 0 atom stereocenters. The Kier molecular flexibility index (Phi) is 4.13. The number of hydrazone groups is 1. The molecule has 0 saturated carbocycles. The molecule has 16 heavy (non-hydrogen) atoms. The molecule has 2 N–H and O–H groups in total. The molecule has 7 nitrogen and oxygen atoms in total. The van der Waals surface area contributed by atoms with E-state index in [1.54, 1.807) is 0 Å². The predicted molar refractivity (Wildman–Crippen MR) is 54.5 cm³/mol. The summed E-state index contributed by atoms with van der Waals surface area (Å²) in [5, 5.41) is 17.5. The van der Waals surface area contributed by atoms with Gasteiger partial charge in [0.1, 0.15) is 5.10 Å². The first-order valence-corrected chi connectivity index (χ1v) is 4.37.